The van der Waals surface area contributed by atoms with Gasteiger partial charge in [-0.3, -0.25) is 0 Å². The Morgan fingerprint density at radius 2 is 2.00 bits per heavy atom. The van der Waals surface area contributed by atoms with E-state index in [1.807, 2.05) is 21.0 Å². The zero-order chi connectivity index (χ0) is 8.15. The topological polar surface area (TPSA) is 27.0 Å². The maximum Gasteiger partial charge on any atom is 0.0672 e. The van der Waals surface area contributed by atoms with Crippen LogP contribution in [0, 0.1) is 17.2 Å². The maximum absolute atomic E-state index is 8.67. The van der Waals surface area contributed by atoms with Gasteiger partial charge in [0.15, 0.2) is 0 Å². The largest absolute Gasteiger partial charge is 0.305 e. The molecule has 2 heteroatoms. The molecule has 2 unspecified atom stereocenters. The highest BCUT2D eigenvalue weighted by Gasteiger charge is 2.15. The van der Waals surface area contributed by atoms with Crippen LogP contribution in [0.4, 0.5) is 0 Å². The minimum Gasteiger partial charge on any atom is -0.305 e. The van der Waals surface area contributed by atoms with Crippen LogP contribution in [0.2, 0.25) is 0 Å². The van der Waals surface area contributed by atoms with Crippen molar-refractivity contribution >= 4 is 0 Å². The second-order valence-electron chi connectivity index (χ2n) is 2.85. The van der Waals surface area contributed by atoms with Crippen LogP contribution in [-0.4, -0.2) is 25.0 Å². The molecule has 0 saturated heterocycles. The van der Waals surface area contributed by atoms with Crippen LogP contribution in [0.1, 0.15) is 20.3 Å². The highest BCUT2D eigenvalue weighted by atomic mass is 15.1. The Bertz CT molecular complexity index is 124. The lowest BCUT2D eigenvalue weighted by molar-refractivity contribution is 0.257. The molecule has 58 valence electrons. The van der Waals surface area contributed by atoms with E-state index >= 15 is 0 Å². The van der Waals surface area contributed by atoms with Crippen molar-refractivity contribution in [2.24, 2.45) is 5.92 Å². The molecular weight excluding hydrogens is 124 g/mol. The van der Waals surface area contributed by atoms with Gasteiger partial charge in [0.05, 0.1) is 12.0 Å². The van der Waals surface area contributed by atoms with E-state index in [9.17, 15) is 0 Å². The summed E-state index contributed by atoms with van der Waals surface area (Å²) in [6, 6.07) is 2.66. The molecule has 0 heterocycles. The van der Waals surface area contributed by atoms with Crippen molar-refractivity contribution in [3.63, 3.8) is 0 Å². The molecule has 0 spiro atoms. The smallest absolute Gasteiger partial charge is 0.0672 e. The predicted octanol–water partition coefficient (Wildman–Crippen LogP) is 1.49. The van der Waals surface area contributed by atoms with Gasteiger partial charge in [0.2, 0.25) is 0 Å². The summed E-state index contributed by atoms with van der Waals surface area (Å²) in [4.78, 5) is 2.08. The van der Waals surface area contributed by atoms with Crippen molar-refractivity contribution in [3.8, 4) is 6.07 Å². The second kappa shape index (κ2) is 4.29. The second-order valence-corrected chi connectivity index (χ2v) is 2.85. The van der Waals surface area contributed by atoms with Crippen LogP contribution < -0.4 is 0 Å². The third-order valence-electron chi connectivity index (χ3n) is 2.00. The van der Waals surface area contributed by atoms with Gasteiger partial charge in [-0.1, -0.05) is 6.92 Å². The molecule has 2 atom stereocenters. The van der Waals surface area contributed by atoms with Crippen molar-refractivity contribution in [1.82, 2.24) is 4.90 Å². The van der Waals surface area contributed by atoms with Gasteiger partial charge in [-0.15, -0.1) is 0 Å². The first-order chi connectivity index (χ1) is 4.63. The minimum atomic E-state index is 0.176. The Morgan fingerprint density at radius 3 is 2.10 bits per heavy atom. The van der Waals surface area contributed by atoms with Crippen molar-refractivity contribution < 1.29 is 0 Å². The molecule has 0 aliphatic heterocycles. The molecule has 0 amide bonds. The van der Waals surface area contributed by atoms with Gasteiger partial charge >= 0.3 is 0 Å². The standard InChI is InChI=1S/C8H16N2/c1-5-8(6-9)7(2)10(3)4/h7-8H,5H2,1-4H3. The van der Waals surface area contributed by atoms with E-state index in [2.05, 4.69) is 17.9 Å². The molecule has 0 radical (unpaired) electrons. The van der Waals surface area contributed by atoms with Gasteiger partial charge in [0.1, 0.15) is 0 Å². The number of nitrogens with zero attached hydrogens (tertiary/aromatic N) is 2. The molecule has 0 saturated carbocycles. The average molecular weight is 140 g/mol. The summed E-state index contributed by atoms with van der Waals surface area (Å²) < 4.78 is 0. The summed E-state index contributed by atoms with van der Waals surface area (Å²) in [5.41, 5.74) is 0. The number of nitriles is 1. The highest BCUT2D eigenvalue weighted by Crippen LogP contribution is 2.10. The van der Waals surface area contributed by atoms with Crippen molar-refractivity contribution in [3.05, 3.63) is 0 Å². The normalized spacial score (nSPS) is 16.4. The molecule has 0 aromatic heterocycles. The minimum absolute atomic E-state index is 0.176. The van der Waals surface area contributed by atoms with E-state index in [0.717, 1.165) is 6.42 Å². The van der Waals surface area contributed by atoms with Gasteiger partial charge in [-0.25, -0.2) is 0 Å². The summed E-state index contributed by atoms with van der Waals surface area (Å²) in [6.45, 7) is 4.13. The van der Waals surface area contributed by atoms with Crippen LogP contribution in [0.3, 0.4) is 0 Å². The van der Waals surface area contributed by atoms with E-state index in [0.29, 0.717) is 6.04 Å². The Hall–Kier alpha value is -0.550. The third-order valence-corrected chi connectivity index (χ3v) is 2.00. The van der Waals surface area contributed by atoms with E-state index in [-0.39, 0.29) is 5.92 Å². The fourth-order valence-corrected chi connectivity index (χ4v) is 0.900. The fraction of sp³-hybridized carbons (Fsp3) is 0.875. The summed E-state index contributed by atoms with van der Waals surface area (Å²) in [5.74, 6) is 0.176. The van der Waals surface area contributed by atoms with Crippen LogP contribution in [-0.2, 0) is 0 Å². The molecule has 0 rings (SSSR count). The van der Waals surface area contributed by atoms with Crippen LogP contribution in [0.15, 0.2) is 0 Å². The predicted molar refractivity (Wildman–Crippen MR) is 42.5 cm³/mol. The van der Waals surface area contributed by atoms with Crippen molar-refractivity contribution in [2.75, 3.05) is 14.1 Å². The number of hydrogen-bond acceptors (Lipinski definition) is 2. The lowest BCUT2D eigenvalue weighted by Gasteiger charge is -2.23. The fourth-order valence-electron chi connectivity index (χ4n) is 0.900. The monoisotopic (exact) mass is 140 g/mol. The van der Waals surface area contributed by atoms with E-state index in [1.54, 1.807) is 0 Å². The number of hydrogen-bond donors (Lipinski definition) is 0. The maximum atomic E-state index is 8.67. The van der Waals surface area contributed by atoms with Gasteiger partial charge in [0, 0.05) is 6.04 Å². The molecule has 2 nitrogen and oxygen atoms in total. The van der Waals surface area contributed by atoms with Crippen LogP contribution >= 0.6 is 0 Å². The number of rotatable bonds is 3. The van der Waals surface area contributed by atoms with Crippen molar-refractivity contribution in [2.45, 2.75) is 26.3 Å². The Labute approximate surface area is 63.4 Å². The molecule has 0 fully saturated rings. The zero-order valence-corrected chi connectivity index (χ0v) is 7.26. The zero-order valence-electron chi connectivity index (χ0n) is 7.26. The first-order valence-corrected chi connectivity index (χ1v) is 3.69. The van der Waals surface area contributed by atoms with Gasteiger partial charge in [0.25, 0.3) is 0 Å². The van der Waals surface area contributed by atoms with Gasteiger partial charge < -0.3 is 4.90 Å². The van der Waals surface area contributed by atoms with E-state index in [4.69, 9.17) is 5.26 Å². The third kappa shape index (κ3) is 2.36. The summed E-state index contributed by atoms with van der Waals surface area (Å²) in [6.07, 6.45) is 0.940. The van der Waals surface area contributed by atoms with E-state index in [1.165, 1.54) is 0 Å². The molecular formula is C8H16N2. The van der Waals surface area contributed by atoms with Crippen LogP contribution in [0.5, 0.6) is 0 Å². The first kappa shape index (κ1) is 9.45. The molecule has 0 aliphatic carbocycles. The summed E-state index contributed by atoms with van der Waals surface area (Å²) >= 11 is 0. The van der Waals surface area contributed by atoms with Crippen molar-refractivity contribution in [1.29, 1.82) is 5.26 Å². The molecule has 0 aromatic carbocycles. The average Bonchev–Trinajstić information content (AvgIpc) is 1.90. The van der Waals surface area contributed by atoms with Crippen LogP contribution in [0.25, 0.3) is 0 Å². The Morgan fingerprint density at radius 1 is 1.50 bits per heavy atom. The van der Waals surface area contributed by atoms with E-state index < -0.39 is 0 Å². The quantitative estimate of drug-likeness (QED) is 0.593. The molecule has 10 heavy (non-hydrogen) atoms. The SMILES string of the molecule is CCC(C#N)C(C)N(C)C. The molecule has 0 N–H and O–H groups in total. The molecule has 0 bridgehead atoms. The highest BCUT2D eigenvalue weighted by molar-refractivity contribution is 4.88. The van der Waals surface area contributed by atoms with Gasteiger partial charge in [-0.2, -0.15) is 5.26 Å². The van der Waals surface area contributed by atoms with Gasteiger partial charge in [-0.05, 0) is 27.4 Å². The Kier molecular flexibility index (Phi) is 4.06. The summed E-state index contributed by atoms with van der Waals surface area (Å²) in [7, 11) is 4.01. The molecule has 0 aromatic rings. The summed E-state index contributed by atoms with van der Waals surface area (Å²) in [5, 5.41) is 8.67. The Balaban J connectivity index is 3.92. The lowest BCUT2D eigenvalue weighted by Crippen LogP contribution is -2.31. The lowest BCUT2D eigenvalue weighted by atomic mass is 10.00. The first-order valence-electron chi connectivity index (χ1n) is 3.69. The molecule has 0 aliphatic rings.